The molecule has 0 aliphatic heterocycles. The Labute approximate surface area is 87.2 Å². The van der Waals surface area contributed by atoms with Crippen molar-refractivity contribution in [3.05, 3.63) is 21.8 Å². The highest BCUT2D eigenvalue weighted by Gasteiger charge is 2.17. The van der Waals surface area contributed by atoms with E-state index in [1.807, 2.05) is 0 Å². The van der Waals surface area contributed by atoms with E-state index in [4.69, 9.17) is 0 Å². The van der Waals surface area contributed by atoms with Gasteiger partial charge in [-0.25, -0.2) is 13.8 Å². The number of carbonyl (C=O) groups excluding carboxylic acids is 1. The Morgan fingerprint density at radius 3 is 2.71 bits per heavy atom. The van der Waals surface area contributed by atoms with E-state index >= 15 is 0 Å². The van der Waals surface area contributed by atoms with Crippen molar-refractivity contribution in [3.63, 3.8) is 0 Å². The van der Waals surface area contributed by atoms with Crippen molar-refractivity contribution in [2.24, 2.45) is 0 Å². The molecule has 0 atom stereocenters. The molecule has 3 nitrogen and oxygen atoms in total. The van der Waals surface area contributed by atoms with Crippen LogP contribution in [0.2, 0.25) is 0 Å². The van der Waals surface area contributed by atoms with E-state index in [1.165, 1.54) is 7.11 Å². The quantitative estimate of drug-likeness (QED) is 0.623. The average Bonchev–Trinajstić information content (AvgIpc) is 2.16. The van der Waals surface area contributed by atoms with Crippen LogP contribution in [-0.2, 0) is 0 Å². The molecule has 14 heavy (non-hydrogen) atoms. The SMILES string of the molecule is COc1nc(Br)c(C=O)cc1C(F)F. The van der Waals surface area contributed by atoms with Crippen LogP contribution in [0.4, 0.5) is 8.78 Å². The molecular formula is C8H6BrF2NO2. The number of hydrogen-bond donors (Lipinski definition) is 0. The number of aromatic nitrogens is 1. The maximum absolute atomic E-state index is 12.4. The molecule has 1 heterocycles. The highest BCUT2D eigenvalue weighted by atomic mass is 79.9. The highest BCUT2D eigenvalue weighted by Crippen LogP contribution is 2.30. The maximum atomic E-state index is 12.4. The van der Waals surface area contributed by atoms with Crippen LogP contribution in [0.5, 0.6) is 5.88 Å². The fraction of sp³-hybridized carbons (Fsp3) is 0.250. The van der Waals surface area contributed by atoms with E-state index in [0.717, 1.165) is 6.07 Å². The van der Waals surface area contributed by atoms with Gasteiger partial charge in [0, 0.05) is 5.56 Å². The largest absolute Gasteiger partial charge is 0.481 e. The summed E-state index contributed by atoms with van der Waals surface area (Å²) in [7, 11) is 1.24. The molecule has 1 aromatic rings. The summed E-state index contributed by atoms with van der Waals surface area (Å²) in [6.45, 7) is 0. The molecule has 0 N–H and O–H groups in total. The fourth-order valence-electron chi connectivity index (χ4n) is 0.910. The number of nitrogens with zero attached hydrogens (tertiary/aromatic N) is 1. The molecule has 0 aromatic carbocycles. The zero-order valence-corrected chi connectivity index (χ0v) is 8.72. The van der Waals surface area contributed by atoms with E-state index in [9.17, 15) is 13.6 Å². The number of ether oxygens (including phenoxy) is 1. The lowest BCUT2D eigenvalue weighted by Gasteiger charge is -2.07. The fourth-order valence-corrected chi connectivity index (χ4v) is 1.28. The van der Waals surface area contributed by atoms with E-state index < -0.39 is 12.0 Å². The number of carbonyl (C=O) groups is 1. The first-order valence-electron chi connectivity index (χ1n) is 3.58. The molecule has 0 spiro atoms. The van der Waals surface area contributed by atoms with Gasteiger partial charge in [0.2, 0.25) is 5.88 Å². The van der Waals surface area contributed by atoms with E-state index in [-0.39, 0.29) is 16.0 Å². The summed E-state index contributed by atoms with van der Waals surface area (Å²) >= 11 is 2.96. The Bertz CT molecular complexity index is 357. The molecule has 0 amide bonds. The van der Waals surface area contributed by atoms with E-state index in [1.54, 1.807) is 0 Å². The van der Waals surface area contributed by atoms with Gasteiger partial charge in [-0.3, -0.25) is 4.79 Å². The number of pyridine rings is 1. The molecule has 1 aromatic heterocycles. The Kier molecular flexibility index (Phi) is 3.51. The van der Waals surface area contributed by atoms with Gasteiger partial charge in [-0.2, -0.15) is 0 Å². The molecule has 0 saturated heterocycles. The van der Waals surface area contributed by atoms with Crippen LogP contribution in [0, 0.1) is 0 Å². The molecule has 0 saturated carbocycles. The normalized spacial score (nSPS) is 10.4. The van der Waals surface area contributed by atoms with Gasteiger partial charge in [-0.1, -0.05) is 0 Å². The predicted octanol–water partition coefficient (Wildman–Crippen LogP) is 2.60. The van der Waals surface area contributed by atoms with Crippen LogP contribution in [-0.4, -0.2) is 18.4 Å². The van der Waals surface area contributed by atoms with E-state index in [0.29, 0.717) is 6.29 Å². The molecule has 76 valence electrons. The van der Waals surface area contributed by atoms with Crippen LogP contribution in [0.25, 0.3) is 0 Å². The maximum Gasteiger partial charge on any atom is 0.269 e. The number of aldehydes is 1. The number of rotatable bonds is 3. The predicted molar refractivity (Wildman–Crippen MR) is 48.8 cm³/mol. The molecule has 0 radical (unpaired) electrons. The molecule has 1 rings (SSSR count). The zero-order valence-electron chi connectivity index (χ0n) is 7.13. The Morgan fingerprint density at radius 1 is 1.64 bits per heavy atom. The van der Waals surface area contributed by atoms with E-state index in [2.05, 4.69) is 25.7 Å². The third-order valence-electron chi connectivity index (χ3n) is 1.55. The standard InChI is InChI=1S/C8H6BrF2NO2/c1-14-8-5(7(10)11)2-4(3-13)6(9)12-8/h2-3,7H,1H3. The summed E-state index contributed by atoms with van der Waals surface area (Å²) in [6.07, 6.45) is -2.27. The van der Waals surface area contributed by atoms with Gasteiger partial charge >= 0.3 is 0 Å². The minimum Gasteiger partial charge on any atom is -0.481 e. The van der Waals surface area contributed by atoms with Crippen LogP contribution in [0.15, 0.2) is 10.7 Å². The average molecular weight is 266 g/mol. The monoisotopic (exact) mass is 265 g/mol. The summed E-state index contributed by atoms with van der Waals surface area (Å²) in [5, 5.41) is 0. The summed E-state index contributed by atoms with van der Waals surface area (Å²) in [6, 6.07) is 1.05. The molecule has 0 aliphatic carbocycles. The first-order chi connectivity index (χ1) is 6.60. The number of alkyl halides is 2. The van der Waals surface area contributed by atoms with Gasteiger partial charge in [0.25, 0.3) is 6.43 Å². The second kappa shape index (κ2) is 4.45. The summed E-state index contributed by atoms with van der Waals surface area (Å²) in [5.74, 6) is -0.183. The van der Waals surface area contributed by atoms with Crippen molar-refractivity contribution in [2.75, 3.05) is 7.11 Å². The third-order valence-corrected chi connectivity index (χ3v) is 2.19. The van der Waals surface area contributed by atoms with Gasteiger partial charge in [0.05, 0.1) is 12.7 Å². The molecule has 0 unspecified atom stereocenters. The van der Waals surface area contributed by atoms with Crippen LogP contribution >= 0.6 is 15.9 Å². The van der Waals surface area contributed by atoms with Crippen molar-refractivity contribution < 1.29 is 18.3 Å². The van der Waals surface area contributed by atoms with Crippen LogP contribution < -0.4 is 4.74 Å². The first-order valence-corrected chi connectivity index (χ1v) is 4.37. The smallest absolute Gasteiger partial charge is 0.269 e. The minimum atomic E-state index is -2.72. The van der Waals surface area contributed by atoms with Gasteiger partial charge in [-0.15, -0.1) is 0 Å². The summed E-state index contributed by atoms with van der Waals surface area (Å²) in [5.41, 5.74) is -0.320. The molecule has 0 bridgehead atoms. The van der Waals surface area contributed by atoms with Gasteiger partial charge in [-0.05, 0) is 22.0 Å². The van der Waals surface area contributed by atoms with Crippen molar-refractivity contribution in [1.82, 2.24) is 4.98 Å². The number of hydrogen-bond acceptors (Lipinski definition) is 3. The lowest BCUT2D eigenvalue weighted by atomic mass is 10.2. The van der Waals surface area contributed by atoms with Crippen molar-refractivity contribution in [2.45, 2.75) is 6.43 Å². The topological polar surface area (TPSA) is 39.2 Å². The Hall–Kier alpha value is -1.04. The highest BCUT2D eigenvalue weighted by molar-refractivity contribution is 9.10. The molecule has 0 fully saturated rings. The Balaban J connectivity index is 3.32. The Morgan fingerprint density at radius 2 is 2.29 bits per heavy atom. The van der Waals surface area contributed by atoms with Crippen molar-refractivity contribution >= 4 is 22.2 Å². The van der Waals surface area contributed by atoms with Crippen LogP contribution in [0.1, 0.15) is 22.3 Å². The number of methoxy groups -OCH3 is 1. The summed E-state index contributed by atoms with van der Waals surface area (Å²) < 4.78 is 29.7. The lowest BCUT2D eigenvalue weighted by molar-refractivity contribution is 0.112. The van der Waals surface area contributed by atoms with Gasteiger partial charge in [0.1, 0.15) is 4.60 Å². The molecule has 6 heteroatoms. The molecular weight excluding hydrogens is 260 g/mol. The van der Waals surface area contributed by atoms with Gasteiger partial charge < -0.3 is 4.74 Å². The number of halogens is 3. The zero-order chi connectivity index (χ0) is 10.7. The van der Waals surface area contributed by atoms with Crippen molar-refractivity contribution in [1.29, 1.82) is 0 Å². The lowest BCUT2D eigenvalue weighted by Crippen LogP contribution is -1.99. The molecule has 0 aliphatic rings. The summed E-state index contributed by atoms with van der Waals surface area (Å²) in [4.78, 5) is 14.1. The second-order valence-corrected chi connectivity index (χ2v) is 3.14. The second-order valence-electron chi connectivity index (χ2n) is 2.39. The van der Waals surface area contributed by atoms with Gasteiger partial charge in [0.15, 0.2) is 6.29 Å². The van der Waals surface area contributed by atoms with Crippen molar-refractivity contribution in [3.8, 4) is 5.88 Å². The minimum absolute atomic E-state index is 0.0705. The first kappa shape index (κ1) is 11.0. The third kappa shape index (κ3) is 2.06. The van der Waals surface area contributed by atoms with Crippen LogP contribution in [0.3, 0.4) is 0 Å².